The predicted octanol–water partition coefficient (Wildman–Crippen LogP) is 5.19. The van der Waals surface area contributed by atoms with Crippen LogP contribution >= 0.6 is 0 Å². The van der Waals surface area contributed by atoms with E-state index in [1.54, 1.807) is 0 Å². The number of aliphatic imine (C=N–C) groups is 1. The van der Waals surface area contributed by atoms with Gasteiger partial charge in [0.1, 0.15) is 5.84 Å². The van der Waals surface area contributed by atoms with E-state index in [0.717, 1.165) is 22.7 Å². The molecule has 0 saturated carbocycles. The number of rotatable bonds is 1. The first kappa shape index (κ1) is 19.1. The van der Waals surface area contributed by atoms with E-state index in [1.165, 1.54) is 0 Å². The summed E-state index contributed by atoms with van der Waals surface area (Å²) in [5.41, 5.74) is 4.73. The number of hydrogen-bond acceptors (Lipinski definition) is 4. The second kappa shape index (κ2) is 7.28. The van der Waals surface area contributed by atoms with E-state index in [-0.39, 0.29) is 11.5 Å². The van der Waals surface area contributed by atoms with Crippen LogP contribution in [0.3, 0.4) is 0 Å². The Morgan fingerprint density at radius 1 is 1.07 bits per heavy atom. The van der Waals surface area contributed by atoms with Gasteiger partial charge in [0.15, 0.2) is 0 Å². The number of amidine groups is 1. The molecule has 1 N–H and O–H groups in total. The van der Waals surface area contributed by atoms with E-state index >= 15 is 0 Å². The molecule has 29 heavy (non-hydrogen) atoms. The highest BCUT2D eigenvalue weighted by Gasteiger charge is 2.37. The molecule has 0 radical (unpaired) electrons. The van der Waals surface area contributed by atoms with Crippen LogP contribution in [0.2, 0.25) is 0 Å². The summed E-state index contributed by atoms with van der Waals surface area (Å²) >= 11 is 0. The highest BCUT2D eigenvalue weighted by atomic mass is 15.2. The van der Waals surface area contributed by atoms with Crippen molar-refractivity contribution in [2.45, 2.75) is 32.2 Å². The number of nitrogens with one attached hydrogen (secondary N) is 1. The number of allylic oxidation sites excluding steroid dienone is 3. The van der Waals surface area contributed by atoms with Crippen LogP contribution in [0, 0.1) is 5.41 Å². The van der Waals surface area contributed by atoms with Crippen molar-refractivity contribution in [2.75, 3.05) is 6.54 Å². The normalized spacial score (nSPS) is 20.2. The summed E-state index contributed by atoms with van der Waals surface area (Å²) in [5, 5.41) is 9.10. The topological polar surface area (TPSA) is 52.3 Å². The molecule has 0 fully saturated rings. The van der Waals surface area contributed by atoms with Crippen molar-refractivity contribution in [3.05, 3.63) is 102 Å². The molecule has 4 heteroatoms. The maximum Gasteiger partial charge on any atom is 0.139 e. The highest BCUT2D eigenvalue weighted by molar-refractivity contribution is 6.17. The SMILES string of the molecule is C=C1/C=C\C=CCN2C(=N1)c1ccc(C(C)(C)C)nc1C(=N)C2c1ccccc1. The minimum atomic E-state index is -0.249. The molecule has 0 bridgehead atoms. The third kappa shape index (κ3) is 3.58. The molecule has 4 rings (SSSR count). The molecule has 1 aromatic carbocycles. The molecule has 3 heterocycles. The maximum atomic E-state index is 9.10. The van der Waals surface area contributed by atoms with Crippen molar-refractivity contribution in [3.63, 3.8) is 0 Å². The number of aromatic nitrogens is 1. The lowest BCUT2D eigenvalue weighted by molar-refractivity contribution is 0.414. The van der Waals surface area contributed by atoms with Gasteiger partial charge in [-0.1, -0.05) is 75.9 Å². The smallest absolute Gasteiger partial charge is 0.139 e. The first-order chi connectivity index (χ1) is 13.9. The van der Waals surface area contributed by atoms with Gasteiger partial charge in [-0.2, -0.15) is 0 Å². The zero-order valence-electron chi connectivity index (χ0n) is 17.2. The fourth-order valence-electron chi connectivity index (χ4n) is 3.72. The molecule has 1 aromatic heterocycles. The molecule has 4 nitrogen and oxygen atoms in total. The van der Waals surface area contributed by atoms with E-state index in [0.29, 0.717) is 23.6 Å². The molecular weight excluding hydrogens is 356 g/mol. The van der Waals surface area contributed by atoms with Gasteiger partial charge in [0.25, 0.3) is 0 Å². The van der Waals surface area contributed by atoms with Gasteiger partial charge in [-0.15, -0.1) is 0 Å². The van der Waals surface area contributed by atoms with E-state index < -0.39 is 0 Å². The molecule has 0 aliphatic carbocycles. The Morgan fingerprint density at radius 3 is 2.55 bits per heavy atom. The second-order valence-electron chi connectivity index (χ2n) is 8.44. The van der Waals surface area contributed by atoms with E-state index in [9.17, 15) is 0 Å². The molecule has 0 amide bonds. The number of nitrogens with zero attached hydrogens (tertiary/aromatic N) is 3. The van der Waals surface area contributed by atoms with Crippen molar-refractivity contribution in [2.24, 2.45) is 4.99 Å². The average molecular weight is 383 g/mol. The van der Waals surface area contributed by atoms with Crippen LogP contribution < -0.4 is 0 Å². The lowest BCUT2D eigenvalue weighted by atomic mass is 9.87. The lowest BCUT2D eigenvalue weighted by Crippen LogP contribution is -2.45. The third-order valence-electron chi connectivity index (χ3n) is 5.22. The zero-order valence-corrected chi connectivity index (χ0v) is 17.2. The Labute approximate surface area is 172 Å². The molecule has 146 valence electrons. The lowest BCUT2D eigenvalue weighted by Gasteiger charge is -2.39. The molecule has 1 unspecified atom stereocenters. The Hall–Kier alpha value is -3.27. The summed E-state index contributed by atoms with van der Waals surface area (Å²) in [6, 6.07) is 14.0. The molecule has 2 aliphatic heterocycles. The van der Waals surface area contributed by atoms with Gasteiger partial charge in [-0.25, -0.2) is 4.99 Å². The van der Waals surface area contributed by atoms with Gasteiger partial charge >= 0.3 is 0 Å². The van der Waals surface area contributed by atoms with Crippen LogP contribution in [0.5, 0.6) is 0 Å². The predicted molar refractivity (Wildman–Crippen MR) is 120 cm³/mol. The first-order valence-electron chi connectivity index (χ1n) is 9.89. The Morgan fingerprint density at radius 2 is 1.83 bits per heavy atom. The van der Waals surface area contributed by atoms with Gasteiger partial charge in [0.2, 0.25) is 0 Å². The van der Waals surface area contributed by atoms with Gasteiger partial charge in [0.05, 0.1) is 23.1 Å². The van der Waals surface area contributed by atoms with E-state index in [2.05, 4.69) is 62.6 Å². The van der Waals surface area contributed by atoms with Crippen molar-refractivity contribution < 1.29 is 0 Å². The van der Waals surface area contributed by atoms with Crippen LogP contribution in [0.1, 0.15) is 49.3 Å². The van der Waals surface area contributed by atoms with Crippen LogP contribution in [-0.4, -0.2) is 28.0 Å². The largest absolute Gasteiger partial charge is 0.340 e. The number of hydrogen-bond donors (Lipinski definition) is 1. The summed E-state index contributed by atoms with van der Waals surface area (Å²) in [4.78, 5) is 12.0. The monoisotopic (exact) mass is 382 g/mol. The van der Waals surface area contributed by atoms with Gasteiger partial charge in [0, 0.05) is 23.2 Å². The van der Waals surface area contributed by atoms with Crippen LogP contribution in [0.25, 0.3) is 0 Å². The fraction of sp³-hybridized carbons (Fsp3) is 0.240. The Kier molecular flexibility index (Phi) is 4.79. The van der Waals surface area contributed by atoms with Crippen LogP contribution in [0.4, 0.5) is 0 Å². The minimum absolute atomic E-state index is 0.0933. The van der Waals surface area contributed by atoms with Crippen molar-refractivity contribution >= 4 is 11.5 Å². The summed E-state index contributed by atoms with van der Waals surface area (Å²) < 4.78 is 0. The second-order valence-corrected chi connectivity index (χ2v) is 8.44. The molecule has 2 aliphatic rings. The molecule has 0 spiro atoms. The summed E-state index contributed by atoms with van der Waals surface area (Å²) in [7, 11) is 0. The van der Waals surface area contributed by atoms with Gasteiger partial charge in [-0.3, -0.25) is 4.98 Å². The zero-order chi connectivity index (χ0) is 20.6. The van der Waals surface area contributed by atoms with Crippen LogP contribution in [0.15, 0.2) is 84.0 Å². The standard InChI is InChI=1S/C25H26N4/c1-17-11-7-6-10-16-29-23(18-12-8-5-9-13-18)21(26)22-19(24(29)27-17)14-15-20(28-22)25(2,3)4/h5-15,23,26H,1,16H2,2-4H3/b10-6?,11-7-,26-21?,27-24?. The highest BCUT2D eigenvalue weighted by Crippen LogP contribution is 2.35. The third-order valence-corrected chi connectivity index (χ3v) is 5.22. The number of benzene rings is 1. The maximum absolute atomic E-state index is 9.10. The molecule has 1 atom stereocenters. The first-order valence-corrected chi connectivity index (χ1v) is 9.89. The van der Waals surface area contributed by atoms with E-state index in [1.807, 2.05) is 36.4 Å². The number of fused-ring (bicyclic) bond motifs is 3. The van der Waals surface area contributed by atoms with Crippen molar-refractivity contribution in [3.8, 4) is 0 Å². The van der Waals surface area contributed by atoms with Crippen molar-refractivity contribution in [1.82, 2.24) is 9.88 Å². The Balaban J connectivity index is 1.97. The van der Waals surface area contributed by atoms with Gasteiger partial charge < -0.3 is 10.3 Å². The average Bonchev–Trinajstić information content (AvgIpc) is 2.78. The Bertz CT molecular complexity index is 1050. The quantitative estimate of drug-likeness (QED) is 0.738. The fourth-order valence-corrected chi connectivity index (χ4v) is 3.72. The van der Waals surface area contributed by atoms with E-state index in [4.69, 9.17) is 15.4 Å². The molecule has 2 aromatic rings. The molecular formula is C25H26N4. The summed E-state index contributed by atoms with van der Waals surface area (Å²) in [6.07, 6.45) is 7.96. The number of pyridine rings is 1. The summed E-state index contributed by atoms with van der Waals surface area (Å²) in [6.45, 7) is 11.2. The summed E-state index contributed by atoms with van der Waals surface area (Å²) in [5.74, 6) is 0.819. The van der Waals surface area contributed by atoms with Crippen LogP contribution in [-0.2, 0) is 5.41 Å². The van der Waals surface area contributed by atoms with Crippen molar-refractivity contribution in [1.29, 1.82) is 5.41 Å². The minimum Gasteiger partial charge on any atom is -0.340 e. The molecule has 0 saturated heterocycles. The van der Waals surface area contributed by atoms with Gasteiger partial charge in [-0.05, 0) is 23.8 Å².